The molecule has 0 aromatic heterocycles. The molecule has 2 aromatic rings. The quantitative estimate of drug-likeness (QED) is 0.283. The van der Waals surface area contributed by atoms with E-state index >= 15 is 0 Å². The van der Waals surface area contributed by atoms with Crippen LogP contribution in [-0.4, -0.2) is 35.1 Å². The van der Waals surface area contributed by atoms with Gasteiger partial charge in [-0.05, 0) is 48.2 Å². The number of halogens is 4. The summed E-state index contributed by atoms with van der Waals surface area (Å²) < 4.78 is 0. The molecule has 2 rings (SSSR count). The Labute approximate surface area is 220 Å². The predicted octanol–water partition coefficient (Wildman–Crippen LogP) is 7.26. The Morgan fingerprint density at radius 1 is 1.00 bits per heavy atom. The molecule has 0 saturated heterocycles. The third-order valence-electron chi connectivity index (χ3n) is 5.05. The number of carbonyl (C=O) groups excluding carboxylic acids is 2. The van der Waals surface area contributed by atoms with E-state index in [2.05, 4.69) is 12.2 Å². The van der Waals surface area contributed by atoms with E-state index in [1.807, 2.05) is 13.0 Å². The Hall–Kier alpha value is -1.11. The van der Waals surface area contributed by atoms with Gasteiger partial charge in [-0.25, -0.2) is 0 Å². The number of carbonyl (C=O) groups is 2. The van der Waals surface area contributed by atoms with Gasteiger partial charge in [0, 0.05) is 28.9 Å². The molecule has 0 aliphatic heterocycles. The van der Waals surface area contributed by atoms with Crippen molar-refractivity contribution in [1.82, 2.24) is 10.2 Å². The minimum Gasteiger partial charge on any atom is -0.354 e. The van der Waals surface area contributed by atoms with Crippen LogP contribution in [-0.2, 0) is 21.9 Å². The summed E-state index contributed by atoms with van der Waals surface area (Å²) in [6.45, 7) is 4.77. The lowest BCUT2D eigenvalue weighted by atomic mass is 10.1. The topological polar surface area (TPSA) is 49.4 Å². The van der Waals surface area contributed by atoms with Crippen molar-refractivity contribution >= 4 is 70.0 Å². The number of hydrogen-bond donors (Lipinski definition) is 1. The molecule has 0 radical (unpaired) electrons. The number of benzene rings is 2. The highest BCUT2D eigenvalue weighted by atomic mass is 35.5. The predicted molar refractivity (Wildman–Crippen MR) is 142 cm³/mol. The van der Waals surface area contributed by atoms with E-state index in [0.29, 0.717) is 38.8 Å². The van der Waals surface area contributed by atoms with Crippen LogP contribution >= 0.6 is 58.2 Å². The van der Waals surface area contributed by atoms with E-state index in [0.717, 1.165) is 24.0 Å². The van der Waals surface area contributed by atoms with Gasteiger partial charge in [0.05, 0.1) is 15.8 Å². The molecule has 0 fully saturated rings. The number of nitrogens with one attached hydrogen (secondary N) is 1. The van der Waals surface area contributed by atoms with Crippen molar-refractivity contribution in [3.63, 3.8) is 0 Å². The van der Waals surface area contributed by atoms with Crippen LogP contribution < -0.4 is 5.32 Å². The van der Waals surface area contributed by atoms with Crippen molar-refractivity contribution in [2.75, 3.05) is 12.3 Å². The molecule has 0 aliphatic carbocycles. The number of unbranched alkanes of at least 4 members (excludes halogenated alkanes) is 1. The van der Waals surface area contributed by atoms with Gasteiger partial charge in [0.15, 0.2) is 0 Å². The third kappa shape index (κ3) is 8.88. The third-order valence-corrected chi connectivity index (χ3v) is 7.36. The summed E-state index contributed by atoms with van der Waals surface area (Å²) in [6, 6.07) is 9.98. The number of nitrogens with zero attached hydrogens (tertiary/aromatic N) is 1. The van der Waals surface area contributed by atoms with Crippen molar-refractivity contribution in [3.8, 4) is 0 Å². The molecule has 33 heavy (non-hydrogen) atoms. The van der Waals surface area contributed by atoms with Crippen LogP contribution in [0.2, 0.25) is 20.1 Å². The van der Waals surface area contributed by atoms with Crippen LogP contribution in [0.4, 0.5) is 0 Å². The monoisotopic (exact) mass is 548 g/mol. The molecule has 0 heterocycles. The average Bonchev–Trinajstić information content (AvgIpc) is 2.77. The van der Waals surface area contributed by atoms with Crippen LogP contribution in [0.1, 0.15) is 44.2 Å². The SMILES string of the molecule is CCCCNC(=O)C(CC)N(Cc1ccc(Cl)cc1Cl)C(=O)CSCc1ccc(Cl)c(Cl)c1. The molecule has 1 N–H and O–H groups in total. The van der Waals surface area contributed by atoms with Gasteiger partial charge in [-0.15, -0.1) is 11.8 Å². The molecule has 2 amide bonds. The molecule has 2 aromatic carbocycles. The molecule has 4 nitrogen and oxygen atoms in total. The minimum atomic E-state index is -0.591. The molecule has 1 unspecified atom stereocenters. The molecule has 180 valence electrons. The van der Waals surface area contributed by atoms with Crippen LogP contribution in [0.15, 0.2) is 36.4 Å². The van der Waals surface area contributed by atoms with Gasteiger partial charge < -0.3 is 10.2 Å². The second-order valence-corrected chi connectivity index (χ2v) is 10.2. The fourth-order valence-corrected chi connectivity index (χ4v) is 4.87. The second kappa shape index (κ2) is 14.3. The molecular weight excluding hydrogens is 522 g/mol. The lowest BCUT2D eigenvalue weighted by Gasteiger charge is -2.31. The van der Waals surface area contributed by atoms with Gasteiger partial charge in [-0.3, -0.25) is 9.59 Å². The van der Waals surface area contributed by atoms with Crippen molar-refractivity contribution in [1.29, 1.82) is 0 Å². The largest absolute Gasteiger partial charge is 0.354 e. The summed E-state index contributed by atoms with van der Waals surface area (Å²) in [5, 5.41) is 4.91. The number of thioether (sulfide) groups is 1. The van der Waals surface area contributed by atoms with Gasteiger partial charge in [-0.1, -0.05) is 78.8 Å². The van der Waals surface area contributed by atoms with Crippen LogP contribution in [0.25, 0.3) is 0 Å². The molecule has 0 aliphatic rings. The first-order valence-corrected chi connectivity index (χ1v) is 13.5. The Bertz CT molecular complexity index is 958. The van der Waals surface area contributed by atoms with Gasteiger partial charge in [0.1, 0.15) is 6.04 Å². The smallest absolute Gasteiger partial charge is 0.242 e. The first-order valence-electron chi connectivity index (χ1n) is 10.8. The Balaban J connectivity index is 2.15. The minimum absolute atomic E-state index is 0.136. The van der Waals surface area contributed by atoms with Crippen LogP contribution in [0.3, 0.4) is 0 Å². The summed E-state index contributed by atoms with van der Waals surface area (Å²) in [4.78, 5) is 27.8. The Kier molecular flexibility index (Phi) is 12.2. The molecule has 0 spiro atoms. The van der Waals surface area contributed by atoms with Crippen molar-refractivity contribution < 1.29 is 9.59 Å². The highest BCUT2D eigenvalue weighted by molar-refractivity contribution is 7.99. The standard InChI is InChI=1S/C24H28Cl4N2O2S/c1-3-5-10-29-24(32)22(4-2)30(13-17-7-8-18(25)12-20(17)27)23(31)15-33-14-16-6-9-19(26)21(28)11-16/h6-9,11-12,22H,3-5,10,13-15H2,1-2H3,(H,29,32). The Morgan fingerprint density at radius 2 is 1.76 bits per heavy atom. The van der Waals surface area contributed by atoms with E-state index in [9.17, 15) is 9.59 Å². The zero-order valence-corrected chi connectivity index (χ0v) is 22.5. The van der Waals surface area contributed by atoms with E-state index in [-0.39, 0.29) is 24.1 Å². The second-order valence-electron chi connectivity index (χ2n) is 7.57. The average molecular weight is 550 g/mol. The van der Waals surface area contributed by atoms with Crippen molar-refractivity contribution in [3.05, 3.63) is 67.6 Å². The summed E-state index contributed by atoms with van der Waals surface area (Å²) in [5.41, 5.74) is 1.71. The van der Waals surface area contributed by atoms with Crippen molar-refractivity contribution in [2.45, 2.75) is 51.4 Å². The number of rotatable bonds is 12. The van der Waals surface area contributed by atoms with Crippen LogP contribution in [0, 0.1) is 0 Å². The van der Waals surface area contributed by atoms with Gasteiger partial charge in [-0.2, -0.15) is 0 Å². The molecular formula is C24H28Cl4N2O2S. The zero-order chi connectivity index (χ0) is 24.4. The van der Waals surface area contributed by atoms with E-state index in [1.165, 1.54) is 11.8 Å². The normalized spacial score (nSPS) is 11.8. The maximum absolute atomic E-state index is 13.3. The van der Waals surface area contributed by atoms with E-state index in [4.69, 9.17) is 46.4 Å². The zero-order valence-electron chi connectivity index (χ0n) is 18.7. The molecule has 9 heteroatoms. The molecule has 0 saturated carbocycles. The fraction of sp³-hybridized carbons (Fsp3) is 0.417. The van der Waals surface area contributed by atoms with Gasteiger partial charge in [0.25, 0.3) is 0 Å². The highest BCUT2D eigenvalue weighted by Crippen LogP contribution is 2.26. The number of hydrogen-bond acceptors (Lipinski definition) is 3. The maximum Gasteiger partial charge on any atom is 0.242 e. The first-order chi connectivity index (χ1) is 15.8. The fourth-order valence-electron chi connectivity index (χ4n) is 3.23. The van der Waals surface area contributed by atoms with E-state index < -0.39 is 6.04 Å². The molecule has 1 atom stereocenters. The number of amides is 2. The van der Waals surface area contributed by atoms with Crippen molar-refractivity contribution in [2.24, 2.45) is 0 Å². The summed E-state index contributed by atoms with van der Waals surface area (Å²) in [5.74, 6) is 0.518. The van der Waals surface area contributed by atoms with E-state index in [1.54, 1.807) is 35.2 Å². The molecule has 0 bridgehead atoms. The van der Waals surface area contributed by atoms with Crippen LogP contribution in [0.5, 0.6) is 0 Å². The summed E-state index contributed by atoms with van der Waals surface area (Å²) >= 11 is 25.9. The first kappa shape index (κ1) is 28.1. The lowest BCUT2D eigenvalue weighted by Crippen LogP contribution is -2.49. The lowest BCUT2D eigenvalue weighted by molar-refractivity contribution is -0.139. The van der Waals surface area contributed by atoms with Gasteiger partial charge >= 0.3 is 0 Å². The highest BCUT2D eigenvalue weighted by Gasteiger charge is 2.28. The van der Waals surface area contributed by atoms with Gasteiger partial charge in [0.2, 0.25) is 11.8 Å². The Morgan fingerprint density at radius 3 is 2.39 bits per heavy atom. The summed E-state index contributed by atoms with van der Waals surface area (Å²) in [6.07, 6.45) is 2.36. The maximum atomic E-state index is 13.3. The summed E-state index contributed by atoms with van der Waals surface area (Å²) in [7, 11) is 0.